The Balaban J connectivity index is 0.957. The maximum absolute atomic E-state index is 5.80. The van der Waals surface area contributed by atoms with E-state index in [0.717, 1.165) is 100 Å². The molecule has 0 bridgehead atoms. The summed E-state index contributed by atoms with van der Waals surface area (Å²) in [5.74, 6) is 1.64. The highest BCUT2D eigenvalue weighted by molar-refractivity contribution is 6.14. The zero-order chi connectivity index (χ0) is 49.8. The molecule has 7 aromatic heterocycles. The van der Waals surface area contributed by atoms with Crippen molar-refractivity contribution >= 4 is 87.2 Å². The number of nitrogens with zero attached hydrogens (tertiary/aromatic N) is 7. The largest absolute Gasteiger partial charge is 0.309 e. The van der Waals surface area contributed by atoms with Crippen molar-refractivity contribution in [2.24, 2.45) is 0 Å². The van der Waals surface area contributed by atoms with Crippen molar-refractivity contribution in [3.63, 3.8) is 0 Å². The second-order valence-electron chi connectivity index (χ2n) is 19.7. The van der Waals surface area contributed by atoms with Gasteiger partial charge in [-0.25, -0.2) is 4.98 Å². The Morgan fingerprint density at radius 2 is 0.566 bits per heavy atom. The van der Waals surface area contributed by atoms with Gasteiger partial charge in [0.05, 0.1) is 44.1 Å². The normalized spacial score (nSPS) is 11.9. The molecule has 354 valence electrons. The Hall–Kier alpha value is -10.4. The zero-order valence-corrected chi connectivity index (χ0v) is 41.0. The van der Waals surface area contributed by atoms with Crippen molar-refractivity contribution in [3.05, 3.63) is 261 Å². The molecule has 76 heavy (non-hydrogen) atoms. The van der Waals surface area contributed by atoms with E-state index in [1.807, 2.05) is 24.8 Å². The summed E-state index contributed by atoms with van der Waals surface area (Å²) >= 11 is 0. The second kappa shape index (κ2) is 16.6. The van der Waals surface area contributed by atoms with Crippen LogP contribution in [0.3, 0.4) is 0 Å². The predicted molar refractivity (Wildman–Crippen MR) is 313 cm³/mol. The summed E-state index contributed by atoms with van der Waals surface area (Å²) in [7, 11) is 0. The Bertz CT molecular complexity index is 4640. The molecule has 0 aliphatic carbocycles. The van der Waals surface area contributed by atoms with Gasteiger partial charge in [0.2, 0.25) is 0 Å². The molecule has 0 fully saturated rings. The van der Waals surface area contributed by atoms with E-state index in [1.54, 1.807) is 0 Å². The van der Waals surface area contributed by atoms with Crippen LogP contribution in [0.15, 0.2) is 261 Å². The molecule has 0 radical (unpaired) electrons. The minimum Gasteiger partial charge on any atom is -0.309 e. The van der Waals surface area contributed by atoms with Gasteiger partial charge in [-0.15, -0.1) is 0 Å². The van der Waals surface area contributed by atoms with Crippen molar-refractivity contribution in [1.82, 2.24) is 33.2 Å². The fraction of sp³-hybridized carbons (Fsp3) is 0. The van der Waals surface area contributed by atoms with Crippen molar-refractivity contribution in [3.8, 4) is 56.4 Å². The Morgan fingerprint density at radius 1 is 0.224 bits per heavy atom. The molecule has 0 unspecified atom stereocenters. The van der Waals surface area contributed by atoms with Gasteiger partial charge in [0.15, 0.2) is 0 Å². The first-order valence-corrected chi connectivity index (χ1v) is 25.7. The number of benzene rings is 9. The lowest BCUT2D eigenvalue weighted by Gasteiger charge is -2.17. The van der Waals surface area contributed by atoms with Gasteiger partial charge in [-0.2, -0.15) is 0 Å². The maximum Gasteiger partial charge on any atom is 0.140 e. The number of hydrogen-bond acceptors (Lipinski definition) is 3. The van der Waals surface area contributed by atoms with E-state index in [0.29, 0.717) is 0 Å². The molecule has 16 rings (SSSR count). The fourth-order valence-electron chi connectivity index (χ4n) is 12.3. The van der Waals surface area contributed by atoms with Crippen LogP contribution in [0.25, 0.3) is 144 Å². The average Bonchev–Trinajstić information content (AvgIpc) is 4.23. The highest BCUT2D eigenvalue weighted by atomic mass is 15.1. The molecule has 0 amide bonds. The molecular formula is C69H43N7. The van der Waals surface area contributed by atoms with E-state index in [-0.39, 0.29) is 0 Å². The minimum atomic E-state index is 0.819. The van der Waals surface area contributed by atoms with Crippen LogP contribution in [0.5, 0.6) is 0 Å². The van der Waals surface area contributed by atoms with Gasteiger partial charge < -0.3 is 9.13 Å². The van der Waals surface area contributed by atoms with E-state index in [1.165, 1.54) is 43.6 Å². The smallest absolute Gasteiger partial charge is 0.140 e. The van der Waals surface area contributed by atoms with E-state index in [4.69, 9.17) is 4.98 Å². The molecule has 0 saturated heterocycles. The maximum atomic E-state index is 5.80. The molecule has 0 N–H and O–H groups in total. The SMILES string of the molecule is c1ccc2c(c1)c1ccccc1n2-c1ccc2c(c1)c1ccccc1n2-c1cc(-c2ccc(-c3ccncc3)c(-c3ccncc3)c2)cc(-n2c3ccccc3c3cc(-n4c5ccccc5c5ccccc54)ccc32)n1. The number of fused-ring (bicyclic) bond motifs is 12. The van der Waals surface area contributed by atoms with E-state index < -0.39 is 0 Å². The Kier molecular flexibility index (Phi) is 9.20. The van der Waals surface area contributed by atoms with E-state index in [2.05, 4.69) is 265 Å². The molecule has 7 nitrogen and oxygen atoms in total. The lowest BCUT2D eigenvalue weighted by Crippen LogP contribution is -2.05. The Morgan fingerprint density at radius 3 is 0.974 bits per heavy atom. The molecule has 0 saturated carbocycles. The minimum absolute atomic E-state index is 0.819. The van der Waals surface area contributed by atoms with Crippen LogP contribution >= 0.6 is 0 Å². The third-order valence-corrected chi connectivity index (χ3v) is 15.6. The standard InChI is InChI=1S/C69H43N7/c1-7-19-60-51(13-1)52-14-2-8-20-61(52)73(60)48-26-29-66-58(42-48)55-17-5-11-23-64(55)75(66)68-40-47(46-25-28-50(44-31-35-70-36-32-44)57(39-46)45-33-37-71-38-34-45)41-69(72-68)76-65-24-12-6-18-56(65)59-43-49(27-30-67(59)76)74-62-21-9-3-15-53(62)54-16-4-10-22-63(54)74/h1-43H. The molecule has 0 spiro atoms. The third-order valence-electron chi connectivity index (χ3n) is 15.6. The van der Waals surface area contributed by atoms with Crippen LogP contribution in [0, 0.1) is 0 Å². The monoisotopic (exact) mass is 969 g/mol. The summed E-state index contributed by atoms with van der Waals surface area (Å²) in [4.78, 5) is 14.6. The topological polar surface area (TPSA) is 58.4 Å². The van der Waals surface area contributed by atoms with Gasteiger partial charge in [-0.1, -0.05) is 121 Å². The first-order chi connectivity index (χ1) is 37.7. The first-order valence-electron chi connectivity index (χ1n) is 25.7. The summed E-state index contributed by atoms with van der Waals surface area (Å²) < 4.78 is 9.52. The van der Waals surface area contributed by atoms with Crippen LogP contribution in [0.4, 0.5) is 0 Å². The van der Waals surface area contributed by atoms with E-state index in [9.17, 15) is 0 Å². The molecular weight excluding hydrogens is 927 g/mol. The summed E-state index contributed by atoms with van der Waals surface area (Å²) in [5, 5.41) is 9.58. The lowest BCUT2D eigenvalue weighted by molar-refractivity contribution is 1.01. The van der Waals surface area contributed by atoms with Crippen LogP contribution in [-0.2, 0) is 0 Å². The van der Waals surface area contributed by atoms with Gasteiger partial charge in [0.25, 0.3) is 0 Å². The summed E-state index contributed by atoms with van der Waals surface area (Å²) in [6.45, 7) is 0. The molecule has 7 heterocycles. The average molecular weight is 970 g/mol. The van der Waals surface area contributed by atoms with Gasteiger partial charge >= 0.3 is 0 Å². The zero-order valence-electron chi connectivity index (χ0n) is 41.0. The molecule has 9 aromatic carbocycles. The molecule has 0 aliphatic rings. The number of pyridine rings is 3. The fourth-order valence-corrected chi connectivity index (χ4v) is 12.3. The summed E-state index contributed by atoms with van der Waals surface area (Å²) in [6, 6.07) is 85.8. The highest BCUT2D eigenvalue weighted by Gasteiger charge is 2.22. The number of hydrogen-bond donors (Lipinski definition) is 0. The summed E-state index contributed by atoms with van der Waals surface area (Å²) in [5.41, 5.74) is 17.8. The van der Waals surface area contributed by atoms with Gasteiger partial charge in [0, 0.05) is 79.3 Å². The van der Waals surface area contributed by atoms with Crippen molar-refractivity contribution in [2.75, 3.05) is 0 Å². The molecule has 7 heteroatoms. The van der Waals surface area contributed by atoms with Gasteiger partial charge in [0.1, 0.15) is 11.6 Å². The van der Waals surface area contributed by atoms with Crippen LogP contribution in [0.2, 0.25) is 0 Å². The number of para-hydroxylation sites is 6. The summed E-state index contributed by atoms with van der Waals surface area (Å²) in [6.07, 6.45) is 7.45. The highest BCUT2D eigenvalue weighted by Crippen LogP contribution is 2.42. The first kappa shape index (κ1) is 42.2. The third kappa shape index (κ3) is 6.33. The van der Waals surface area contributed by atoms with Crippen LogP contribution in [-0.4, -0.2) is 33.2 Å². The van der Waals surface area contributed by atoms with E-state index >= 15 is 0 Å². The Labute approximate surface area is 436 Å². The second-order valence-corrected chi connectivity index (χ2v) is 19.7. The quantitative estimate of drug-likeness (QED) is 0.160. The van der Waals surface area contributed by atoms with Gasteiger partial charge in [-0.3, -0.25) is 19.1 Å². The van der Waals surface area contributed by atoms with Crippen LogP contribution < -0.4 is 0 Å². The molecule has 0 atom stereocenters. The number of rotatable bonds is 7. The van der Waals surface area contributed by atoms with Crippen molar-refractivity contribution < 1.29 is 0 Å². The number of aromatic nitrogens is 7. The predicted octanol–water partition coefficient (Wildman–Crippen LogP) is 17.3. The van der Waals surface area contributed by atoms with Gasteiger partial charge in [-0.05, 0) is 149 Å². The molecule has 16 aromatic rings. The van der Waals surface area contributed by atoms with Crippen molar-refractivity contribution in [1.29, 1.82) is 0 Å². The molecule has 0 aliphatic heterocycles. The van der Waals surface area contributed by atoms with Crippen molar-refractivity contribution in [2.45, 2.75) is 0 Å². The van der Waals surface area contributed by atoms with Crippen LogP contribution in [0.1, 0.15) is 0 Å². The lowest BCUT2D eigenvalue weighted by atomic mass is 9.92.